The molecule has 0 fully saturated rings. The van der Waals surface area contributed by atoms with Gasteiger partial charge < -0.3 is 10.2 Å². The molecule has 3 aromatic rings. The van der Waals surface area contributed by atoms with Gasteiger partial charge in [-0.1, -0.05) is 11.6 Å². The van der Waals surface area contributed by atoms with Crippen LogP contribution in [0.3, 0.4) is 0 Å². The van der Waals surface area contributed by atoms with Crippen LogP contribution in [0.1, 0.15) is 15.9 Å². The summed E-state index contributed by atoms with van der Waals surface area (Å²) in [4.78, 5) is 18.7. The lowest BCUT2D eigenvalue weighted by atomic mass is 10.2. The summed E-state index contributed by atoms with van der Waals surface area (Å²) in [5.74, 6) is -0.253. The van der Waals surface area contributed by atoms with Crippen LogP contribution in [0.15, 0.2) is 42.9 Å². The van der Waals surface area contributed by atoms with Crippen molar-refractivity contribution in [3.8, 4) is 0 Å². The number of aromatic nitrogens is 3. The number of hydrogen-bond acceptors (Lipinski definition) is 4. The van der Waals surface area contributed by atoms with E-state index in [9.17, 15) is 4.79 Å². The minimum Gasteiger partial charge on any atom is -0.322 e. The van der Waals surface area contributed by atoms with E-state index >= 15 is 0 Å². The Kier molecular flexibility index (Phi) is 4.27. The number of nitrogens with one attached hydrogen (secondary N) is 1. The molecule has 1 amide bonds. The van der Waals surface area contributed by atoms with Crippen molar-refractivity contribution in [2.45, 2.75) is 6.54 Å². The fourth-order valence-electron chi connectivity index (χ4n) is 2.30. The standard InChI is InChI=1S/C16H16ClN5O/c1-21(2)10-11-8-12(4-5-14(11)17)20-16(23)13-9-19-22-7-3-6-18-15(13)22/h3-9H,10H2,1-2H3,(H,20,23). The number of rotatable bonds is 4. The molecule has 0 spiro atoms. The Hall–Kier alpha value is -2.44. The van der Waals surface area contributed by atoms with E-state index in [1.807, 2.05) is 25.1 Å². The van der Waals surface area contributed by atoms with E-state index in [-0.39, 0.29) is 5.91 Å². The van der Waals surface area contributed by atoms with Gasteiger partial charge in [-0.25, -0.2) is 9.50 Å². The van der Waals surface area contributed by atoms with Gasteiger partial charge in [-0.2, -0.15) is 5.10 Å². The second-order valence-corrected chi connectivity index (χ2v) is 5.85. The Bertz CT molecular complexity index is 859. The summed E-state index contributed by atoms with van der Waals surface area (Å²) in [5.41, 5.74) is 2.58. The predicted octanol–water partition coefficient (Wildman–Crippen LogP) is 2.70. The maximum absolute atomic E-state index is 12.5. The zero-order valence-electron chi connectivity index (χ0n) is 12.8. The average molecular weight is 330 g/mol. The lowest BCUT2D eigenvalue weighted by Gasteiger charge is -2.13. The normalized spacial score (nSPS) is 11.1. The Labute approximate surface area is 138 Å². The Balaban J connectivity index is 1.85. The summed E-state index contributed by atoms with van der Waals surface area (Å²) in [5, 5.41) is 7.66. The molecule has 0 aliphatic heterocycles. The van der Waals surface area contributed by atoms with Crippen molar-refractivity contribution in [1.82, 2.24) is 19.5 Å². The highest BCUT2D eigenvalue weighted by Crippen LogP contribution is 2.22. The molecule has 7 heteroatoms. The van der Waals surface area contributed by atoms with Crippen LogP contribution in [0.2, 0.25) is 5.02 Å². The van der Waals surface area contributed by atoms with Crippen LogP contribution in [-0.4, -0.2) is 39.5 Å². The van der Waals surface area contributed by atoms with Crippen molar-refractivity contribution in [3.05, 3.63) is 59.0 Å². The average Bonchev–Trinajstić information content (AvgIpc) is 2.94. The van der Waals surface area contributed by atoms with E-state index in [0.717, 1.165) is 5.56 Å². The fourth-order valence-corrected chi connectivity index (χ4v) is 2.48. The number of fused-ring (bicyclic) bond motifs is 1. The van der Waals surface area contributed by atoms with Gasteiger partial charge in [0, 0.05) is 29.6 Å². The zero-order valence-corrected chi connectivity index (χ0v) is 13.6. The minimum atomic E-state index is -0.253. The third-order valence-electron chi connectivity index (χ3n) is 3.31. The molecule has 1 aromatic carbocycles. The zero-order chi connectivity index (χ0) is 16.4. The van der Waals surface area contributed by atoms with E-state index in [0.29, 0.717) is 28.5 Å². The molecule has 0 saturated carbocycles. The summed E-state index contributed by atoms with van der Waals surface area (Å²) in [6.45, 7) is 0.695. The van der Waals surface area contributed by atoms with Crippen LogP contribution in [0.4, 0.5) is 5.69 Å². The van der Waals surface area contributed by atoms with E-state index in [2.05, 4.69) is 15.4 Å². The van der Waals surface area contributed by atoms with Crippen LogP contribution in [0.25, 0.3) is 5.65 Å². The van der Waals surface area contributed by atoms with Crippen LogP contribution in [0, 0.1) is 0 Å². The number of carbonyl (C=O) groups excluding carboxylic acids is 1. The van der Waals surface area contributed by atoms with Gasteiger partial charge in [0.2, 0.25) is 0 Å². The van der Waals surface area contributed by atoms with Gasteiger partial charge in [0.1, 0.15) is 5.56 Å². The first-order valence-corrected chi connectivity index (χ1v) is 7.45. The second-order valence-electron chi connectivity index (χ2n) is 5.44. The van der Waals surface area contributed by atoms with Crippen molar-refractivity contribution in [2.75, 3.05) is 19.4 Å². The molecule has 2 aromatic heterocycles. The number of halogens is 1. The summed E-state index contributed by atoms with van der Waals surface area (Å²) in [6, 6.07) is 7.19. The van der Waals surface area contributed by atoms with E-state index in [1.165, 1.54) is 6.20 Å². The van der Waals surface area contributed by atoms with Gasteiger partial charge in [-0.3, -0.25) is 4.79 Å². The molecule has 3 rings (SSSR count). The lowest BCUT2D eigenvalue weighted by Crippen LogP contribution is -2.14. The molecule has 0 unspecified atom stereocenters. The van der Waals surface area contributed by atoms with Crippen molar-refractivity contribution in [1.29, 1.82) is 0 Å². The Morgan fingerprint density at radius 1 is 1.39 bits per heavy atom. The number of nitrogens with zero attached hydrogens (tertiary/aromatic N) is 4. The van der Waals surface area contributed by atoms with Crippen molar-refractivity contribution in [3.63, 3.8) is 0 Å². The van der Waals surface area contributed by atoms with Gasteiger partial charge in [-0.15, -0.1) is 0 Å². The van der Waals surface area contributed by atoms with Gasteiger partial charge in [-0.05, 0) is 43.9 Å². The fraction of sp³-hybridized carbons (Fsp3) is 0.188. The molecule has 0 bridgehead atoms. The molecule has 0 saturated heterocycles. The number of hydrogen-bond donors (Lipinski definition) is 1. The molecule has 2 heterocycles. The maximum atomic E-state index is 12.5. The van der Waals surface area contributed by atoms with E-state index in [1.54, 1.807) is 35.1 Å². The number of carbonyl (C=O) groups is 1. The number of anilines is 1. The molecule has 118 valence electrons. The molecule has 0 radical (unpaired) electrons. The monoisotopic (exact) mass is 329 g/mol. The molecule has 6 nitrogen and oxygen atoms in total. The highest BCUT2D eigenvalue weighted by Gasteiger charge is 2.14. The van der Waals surface area contributed by atoms with Gasteiger partial charge in [0.25, 0.3) is 5.91 Å². The first-order valence-electron chi connectivity index (χ1n) is 7.07. The quantitative estimate of drug-likeness (QED) is 0.799. The topological polar surface area (TPSA) is 62.5 Å². The highest BCUT2D eigenvalue weighted by atomic mass is 35.5. The predicted molar refractivity (Wildman–Crippen MR) is 89.8 cm³/mol. The van der Waals surface area contributed by atoms with Crippen molar-refractivity contribution < 1.29 is 4.79 Å². The number of amides is 1. The van der Waals surface area contributed by atoms with E-state index in [4.69, 9.17) is 11.6 Å². The summed E-state index contributed by atoms with van der Waals surface area (Å²) in [7, 11) is 3.93. The van der Waals surface area contributed by atoms with Crippen molar-refractivity contribution >= 4 is 28.8 Å². The van der Waals surface area contributed by atoms with E-state index < -0.39 is 0 Å². The molecule has 0 aliphatic carbocycles. The second kappa shape index (κ2) is 6.36. The molecular weight excluding hydrogens is 314 g/mol. The Morgan fingerprint density at radius 3 is 3.00 bits per heavy atom. The molecule has 23 heavy (non-hydrogen) atoms. The van der Waals surface area contributed by atoms with Crippen LogP contribution >= 0.6 is 11.6 Å². The van der Waals surface area contributed by atoms with Crippen LogP contribution < -0.4 is 5.32 Å². The first-order chi connectivity index (χ1) is 11.0. The highest BCUT2D eigenvalue weighted by molar-refractivity contribution is 6.31. The van der Waals surface area contributed by atoms with Crippen LogP contribution in [-0.2, 0) is 6.54 Å². The lowest BCUT2D eigenvalue weighted by molar-refractivity contribution is 0.102. The molecule has 0 atom stereocenters. The third-order valence-corrected chi connectivity index (χ3v) is 3.68. The van der Waals surface area contributed by atoms with Gasteiger partial charge >= 0.3 is 0 Å². The SMILES string of the molecule is CN(C)Cc1cc(NC(=O)c2cnn3cccnc23)ccc1Cl. The smallest absolute Gasteiger partial charge is 0.261 e. The maximum Gasteiger partial charge on any atom is 0.261 e. The minimum absolute atomic E-state index is 0.253. The summed E-state index contributed by atoms with van der Waals surface area (Å²) < 4.78 is 1.56. The van der Waals surface area contributed by atoms with Crippen molar-refractivity contribution in [2.24, 2.45) is 0 Å². The van der Waals surface area contributed by atoms with Gasteiger partial charge in [0.05, 0.1) is 6.20 Å². The Morgan fingerprint density at radius 2 is 2.22 bits per heavy atom. The molecular formula is C16H16ClN5O. The largest absolute Gasteiger partial charge is 0.322 e. The summed E-state index contributed by atoms with van der Waals surface area (Å²) in [6.07, 6.45) is 4.89. The van der Waals surface area contributed by atoms with Gasteiger partial charge in [0.15, 0.2) is 5.65 Å². The number of benzene rings is 1. The third kappa shape index (κ3) is 3.33. The summed E-state index contributed by atoms with van der Waals surface area (Å²) >= 11 is 6.19. The first kappa shape index (κ1) is 15.5. The van der Waals surface area contributed by atoms with Crippen LogP contribution in [0.5, 0.6) is 0 Å². The molecule has 1 N–H and O–H groups in total. The molecule has 0 aliphatic rings.